The Morgan fingerprint density at radius 3 is 1.16 bits per heavy atom. The zero-order valence-corrected chi connectivity index (χ0v) is 26.0. The molecule has 0 amide bonds. The lowest BCUT2D eigenvalue weighted by Crippen LogP contribution is -2.50. The molecule has 2 aromatic carbocycles. The van der Waals surface area contributed by atoms with E-state index >= 15 is 0 Å². The minimum Gasteiger partial charge on any atom is -0.354 e. The molecule has 0 unspecified atom stereocenters. The lowest BCUT2D eigenvalue weighted by Gasteiger charge is -2.36. The van der Waals surface area contributed by atoms with Crippen molar-refractivity contribution in [2.45, 2.75) is 23.6 Å². The summed E-state index contributed by atoms with van der Waals surface area (Å²) < 4.78 is 56.1. The highest BCUT2D eigenvalue weighted by molar-refractivity contribution is 8.89. The number of sulfonamides is 2. The molecule has 2 saturated heterocycles. The Kier molecular flexibility index (Phi) is 9.78. The molecule has 0 spiro atoms. The van der Waals surface area contributed by atoms with Crippen molar-refractivity contribution < 1.29 is 16.8 Å². The maximum atomic E-state index is 12.9. The van der Waals surface area contributed by atoms with Gasteiger partial charge in [-0.15, -0.1) is 0 Å². The Hall–Kier alpha value is -1.26. The van der Waals surface area contributed by atoms with E-state index in [1.165, 1.54) is 30.2 Å². The predicted octanol–water partition coefficient (Wildman–Crippen LogP) is 3.57. The summed E-state index contributed by atoms with van der Waals surface area (Å²) in [5, 5.41) is 0. The van der Waals surface area contributed by atoms with Gasteiger partial charge in [-0.25, -0.2) is 16.8 Å². The molecule has 0 atom stereocenters. The Balaban J connectivity index is 1.22. The maximum Gasteiger partial charge on any atom is 0.243 e. The summed E-state index contributed by atoms with van der Waals surface area (Å²) in [6.45, 7) is 7.36. The second kappa shape index (κ2) is 12.5. The van der Waals surface area contributed by atoms with Crippen LogP contribution >= 0.6 is 46.0 Å². The third kappa shape index (κ3) is 6.89. The summed E-state index contributed by atoms with van der Waals surface area (Å²) in [5.74, 6) is 0. The largest absolute Gasteiger partial charge is 0.354 e. The summed E-state index contributed by atoms with van der Waals surface area (Å²) in [6, 6.07) is 13.8. The van der Waals surface area contributed by atoms with Gasteiger partial charge >= 0.3 is 0 Å². The standard InChI is InChI=1S/C24H30N4O4S6/c1-19-3-7-21(8-4-19)37(29,30)27-15-11-25(12-16-27)23(33)35-36-24(34)26-13-17-28(18-14-26)38(31,32)22-9-5-20(2)6-10-22/h3-10H,11-18H2,1-2H3. The third-order valence-corrected chi connectivity index (χ3v) is 14.1. The zero-order chi connectivity index (χ0) is 27.5. The minimum absolute atomic E-state index is 0.307. The van der Waals surface area contributed by atoms with E-state index in [4.69, 9.17) is 24.4 Å². The summed E-state index contributed by atoms with van der Waals surface area (Å²) in [6.07, 6.45) is 0. The number of aryl methyl sites for hydroxylation is 2. The summed E-state index contributed by atoms with van der Waals surface area (Å²) in [7, 11) is -4.28. The molecule has 8 nitrogen and oxygen atoms in total. The van der Waals surface area contributed by atoms with Crippen molar-refractivity contribution in [3.05, 3.63) is 59.7 Å². The van der Waals surface area contributed by atoms with E-state index < -0.39 is 20.0 Å². The van der Waals surface area contributed by atoms with Crippen molar-refractivity contribution in [2.75, 3.05) is 52.4 Å². The Bertz CT molecular complexity index is 1260. The molecule has 2 aliphatic rings. The average Bonchev–Trinajstić information content (AvgIpc) is 2.92. The normalized spacial score (nSPS) is 17.9. The van der Waals surface area contributed by atoms with Crippen LogP contribution in [0.25, 0.3) is 0 Å². The highest BCUT2D eigenvalue weighted by Crippen LogP contribution is 2.30. The fourth-order valence-corrected chi connectivity index (χ4v) is 9.72. The van der Waals surface area contributed by atoms with E-state index in [0.717, 1.165) is 11.1 Å². The molecule has 2 aliphatic heterocycles. The number of thiocarbonyl (C=S) groups is 2. The highest BCUT2D eigenvalue weighted by atomic mass is 33.1. The van der Waals surface area contributed by atoms with Gasteiger partial charge in [-0.3, -0.25) is 0 Å². The van der Waals surface area contributed by atoms with Crippen LogP contribution in [-0.4, -0.2) is 96.2 Å². The van der Waals surface area contributed by atoms with Gasteiger partial charge in [-0.05, 0) is 59.7 Å². The monoisotopic (exact) mass is 630 g/mol. The molecule has 2 heterocycles. The lowest BCUT2D eigenvalue weighted by atomic mass is 10.2. The van der Waals surface area contributed by atoms with E-state index in [9.17, 15) is 16.8 Å². The van der Waals surface area contributed by atoms with Gasteiger partial charge in [0.25, 0.3) is 0 Å². The van der Waals surface area contributed by atoms with Crippen molar-refractivity contribution in [1.82, 2.24) is 18.4 Å². The van der Waals surface area contributed by atoms with Crippen LogP contribution < -0.4 is 0 Å². The molecule has 0 aliphatic carbocycles. The summed E-state index contributed by atoms with van der Waals surface area (Å²) in [4.78, 5) is 4.62. The molecule has 0 radical (unpaired) electrons. The Morgan fingerprint density at radius 2 is 0.868 bits per heavy atom. The molecular weight excluding hydrogens is 601 g/mol. The van der Waals surface area contributed by atoms with Crippen LogP contribution in [0, 0.1) is 13.8 Å². The SMILES string of the molecule is Cc1ccc(S(=O)(=O)N2CCN(C(=S)SSC(=S)N3CCN(S(=O)(=O)c4ccc(C)cc4)CC3)CC2)cc1. The second-order valence-corrected chi connectivity index (χ2v) is 16.4. The molecular formula is C24H30N4O4S6. The van der Waals surface area contributed by atoms with Crippen LogP contribution in [0.15, 0.2) is 58.3 Å². The van der Waals surface area contributed by atoms with Gasteiger partial charge in [-0.2, -0.15) is 8.61 Å². The van der Waals surface area contributed by atoms with Gasteiger partial charge in [0.1, 0.15) is 8.64 Å². The van der Waals surface area contributed by atoms with Crippen LogP contribution in [-0.2, 0) is 20.0 Å². The maximum absolute atomic E-state index is 12.9. The lowest BCUT2D eigenvalue weighted by molar-refractivity contribution is 0.272. The molecule has 206 valence electrons. The smallest absolute Gasteiger partial charge is 0.243 e. The first-order valence-corrected chi connectivity index (χ1v) is 17.9. The van der Waals surface area contributed by atoms with Crippen LogP contribution in [0.5, 0.6) is 0 Å². The predicted molar refractivity (Wildman–Crippen MR) is 163 cm³/mol. The van der Waals surface area contributed by atoms with E-state index in [1.807, 2.05) is 23.6 Å². The quantitative estimate of drug-likeness (QED) is 0.370. The molecule has 0 N–H and O–H groups in total. The van der Waals surface area contributed by atoms with Crippen molar-refractivity contribution in [2.24, 2.45) is 0 Å². The molecule has 38 heavy (non-hydrogen) atoms. The fraction of sp³-hybridized carbons (Fsp3) is 0.417. The number of nitrogens with zero attached hydrogens (tertiary/aromatic N) is 4. The number of piperazine rings is 2. The Morgan fingerprint density at radius 1 is 0.579 bits per heavy atom. The van der Waals surface area contributed by atoms with Crippen LogP contribution in [0.1, 0.15) is 11.1 Å². The summed E-state index contributed by atoms with van der Waals surface area (Å²) in [5.41, 5.74) is 2.03. The van der Waals surface area contributed by atoms with E-state index in [-0.39, 0.29) is 0 Å². The second-order valence-electron chi connectivity index (χ2n) is 9.11. The van der Waals surface area contributed by atoms with Gasteiger partial charge in [0, 0.05) is 52.4 Å². The van der Waals surface area contributed by atoms with Gasteiger partial charge < -0.3 is 9.80 Å². The zero-order valence-electron chi connectivity index (χ0n) is 21.1. The number of hydrogen-bond donors (Lipinski definition) is 0. The van der Waals surface area contributed by atoms with E-state index in [2.05, 4.69) is 0 Å². The fourth-order valence-electron chi connectivity index (χ4n) is 4.12. The molecule has 14 heteroatoms. The van der Waals surface area contributed by atoms with Gasteiger partial charge in [-0.1, -0.05) is 59.8 Å². The molecule has 2 aromatic rings. The number of hydrogen-bond acceptors (Lipinski definition) is 8. The topological polar surface area (TPSA) is 81.2 Å². The number of benzene rings is 2. The first-order chi connectivity index (χ1) is 18.0. The van der Waals surface area contributed by atoms with Gasteiger partial charge in [0.2, 0.25) is 20.0 Å². The molecule has 2 fully saturated rings. The van der Waals surface area contributed by atoms with Crippen molar-refractivity contribution in [1.29, 1.82) is 0 Å². The van der Waals surface area contributed by atoms with E-state index in [0.29, 0.717) is 70.8 Å². The van der Waals surface area contributed by atoms with Crippen LogP contribution in [0.3, 0.4) is 0 Å². The van der Waals surface area contributed by atoms with E-state index in [1.54, 1.807) is 48.5 Å². The van der Waals surface area contributed by atoms with Crippen molar-refractivity contribution in [3.63, 3.8) is 0 Å². The minimum atomic E-state index is -3.53. The first-order valence-electron chi connectivity index (χ1n) is 12.0. The van der Waals surface area contributed by atoms with Crippen molar-refractivity contribution >= 4 is 74.7 Å². The Labute approximate surface area is 244 Å². The average molecular weight is 631 g/mol. The summed E-state index contributed by atoms with van der Waals surface area (Å²) >= 11 is 11.2. The van der Waals surface area contributed by atoms with Crippen LogP contribution in [0.2, 0.25) is 0 Å². The third-order valence-electron chi connectivity index (χ3n) is 6.50. The number of rotatable bonds is 4. The molecule has 0 aromatic heterocycles. The van der Waals surface area contributed by atoms with Crippen LogP contribution in [0.4, 0.5) is 0 Å². The first kappa shape index (κ1) is 29.7. The molecule has 0 bridgehead atoms. The van der Waals surface area contributed by atoms with Gasteiger partial charge in [0.05, 0.1) is 9.79 Å². The molecule has 0 saturated carbocycles. The molecule has 4 rings (SSSR count). The van der Waals surface area contributed by atoms with Crippen molar-refractivity contribution in [3.8, 4) is 0 Å². The van der Waals surface area contributed by atoms with Gasteiger partial charge in [0.15, 0.2) is 0 Å². The highest BCUT2D eigenvalue weighted by Gasteiger charge is 2.31.